The molecule has 2 amide bonds. The number of thioether (sulfide) groups is 1. The number of rotatable bonds is 10. The number of aryl methyl sites for hydroxylation is 1. The Morgan fingerprint density at radius 2 is 1.91 bits per heavy atom. The summed E-state index contributed by atoms with van der Waals surface area (Å²) in [7, 11) is 0. The van der Waals surface area contributed by atoms with Gasteiger partial charge in [-0.2, -0.15) is 0 Å². The Bertz CT molecular complexity index is 1230. The minimum atomic E-state index is -0.427. The SMILES string of the molecule is C=CCn1c(SCC(=O)Nc2cc(Cl)ccc2C)nnc1C(NC(=O)c1ccccc1Cl)C(C)C. The highest BCUT2D eigenvalue weighted by molar-refractivity contribution is 7.99. The van der Waals surface area contributed by atoms with Crippen molar-refractivity contribution in [2.24, 2.45) is 5.92 Å². The topological polar surface area (TPSA) is 88.9 Å². The van der Waals surface area contributed by atoms with Crippen LogP contribution in [-0.4, -0.2) is 32.3 Å². The molecule has 0 spiro atoms. The first-order valence-electron chi connectivity index (χ1n) is 11.0. The first-order valence-corrected chi connectivity index (χ1v) is 12.7. The summed E-state index contributed by atoms with van der Waals surface area (Å²) in [6.45, 7) is 10.1. The van der Waals surface area contributed by atoms with Crippen LogP contribution in [0, 0.1) is 12.8 Å². The number of aromatic nitrogens is 3. The van der Waals surface area contributed by atoms with Gasteiger partial charge in [0.1, 0.15) is 0 Å². The number of amides is 2. The van der Waals surface area contributed by atoms with E-state index < -0.39 is 6.04 Å². The molecule has 1 heterocycles. The first-order chi connectivity index (χ1) is 16.7. The molecule has 1 unspecified atom stereocenters. The van der Waals surface area contributed by atoms with Crippen LogP contribution < -0.4 is 10.6 Å². The average molecular weight is 532 g/mol. The highest BCUT2D eigenvalue weighted by atomic mass is 35.5. The Kier molecular flexibility index (Phi) is 9.37. The van der Waals surface area contributed by atoms with Crippen LogP contribution in [0.3, 0.4) is 0 Å². The molecule has 0 saturated carbocycles. The molecular formula is C25H27Cl2N5O2S. The van der Waals surface area contributed by atoms with E-state index in [1.807, 2.05) is 31.4 Å². The zero-order chi connectivity index (χ0) is 25.5. The summed E-state index contributed by atoms with van der Waals surface area (Å²) >= 11 is 13.5. The average Bonchev–Trinajstić information content (AvgIpc) is 3.20. The highest BCUT2D eigenvalue weighted by Crippen LogP contribution is 2.27. The normalized spacial score (nSPS) is 11.8. The number of carbonyl (C=O) groups is 2. The maximum atomic E-state index is 12.9. The maximum Gasteiger partial charge on any atom is 0.253 e. The Labute approximate surface area is 219 Å². The standard InChI is InChI=1S/C25H27Cl2N5O2S/c1-5-12-32-23(22(15(2)3)29-24(34)18-8-6-7-9-19(18)27)30-31-25(32)35-14-21(33)28-20-13-17(26)11-10-16(20)4/h5-11,13,15,22H,1,12,14H2,2-4H3,(H,28,33)(H,29,34). The molecule has 0 fully saturated rings. The van der Waals surface area contributed by atoms with Gasteiger partial charge in [0, 0.05) is 17.3 Å². The lowest BCUT2D eigenvalue weighted by Crippen LogP contribution is -2.34. The quantitative estimate of drug-likeness (QED) is 0.249. The van der Waals surface area contributed by atoms with Gasteiger partial charge in [-0.1, -0.05) is 73.1 Å². The molecule has 2 N–H and O–H groups in total. The molecule has 1 atom stereocenters. The first kappa shape index (κ1) is 26.8. The van der Waals surface area contributed by atoms with E-state index >= 15 is 0 Å². The third-order valence-corrected chi connectivity index (χ3v) is 6.74. The minimum Gasteiger partial charge on any atom is -0.342 e. The third kappa shape index (κ3) is 6.87. The van der Waals surface area contributed by atoms with Crippen molar-refractivity contribution in [3.63, 3.8) is 0 Å². The molecule has 3 rings (SSSR count). The van der Waals surface area contributed by atoms with Crippen molar-refractivity contribution in [2.75, 3.05) is 11.1 Å². The zero-order valence-corrected chi connectivity index (χ0v) is 22.0. The van der Waals surface area contributed by atoms with Crippen molar-refractivity contribution in [3.8, 4) is 0 Å². The van der Waals surface area contributed by atoms with E-state index in [1.54, 1.807) is 42.5 Å². The number of carbonyl (C=O) groups excluding carboxylic acids is 2. The second-order valence-electron chi connectivity index (χ2n) is 8.21. The maximum absolute atomic E-state index is 12.9. The van der Waals surface area contributed by atoms with Crippen molar-refractivity contribution in [2.45, 2.75) is 38.5 Å². The fourth-order valence-electron chi connectivity index (χ4n) is 3.38. The van der Waals surface area contributed by atoms with Crippen LogP contribution in [0.25, 0.3) is 0 Å². The molecule has 0 saturated heterocycles. The molecule has 7 nitrogen and oxygen atoms in total. The van der Waals surface area contributed by atoms with Gasteiger partial charge in [0.25, 0.3) is 5.91 Å². The van der Waals surface area contributed by atoms with Gasteiger partial charge in [-0.15, -0.1) is 16.8 Å². The van der Waals surface area contributed by atoms with Gasteiger partial charge >= 0.3 is 0 Å². The lowest BCUT2D eigenvalue weighted by molar-refractivity contribution is -0.113. The molecule has 0 aliphatic rings. The zero-order valence-electron chi connectivity index (χ0n) is 19.7. The van der Waals surface area contributed by atoms with Crippen LogP contribution in [-0.2, 0) is 11.3 Å². The van der Waals surface area contributed by atoms with Crippen LogP contribution >= 0.6 is 35.0 Å². The van der Waals surface area contributed by atoms with E-state index in [0.717, 1.165) is 5.56 Å². The molecule has 0 radical (unpaired) electrons. The number of hydrogen-bond donors (Lipinski definition) is 2. The lowest BCUT2D eigenvalue weighted by atomic mass is 10.0. The Balaban J connectivity index is 1.77. The van der Waals surface area contributed by atoms with Crippen LogP contribution in [0.15, 0.2) is 60.3 Å². The number of anilines is 1. The lowest BCUT2D eigenvalue weighted by Gasteiger charge is -2.23. The summed E-state index contributed by atoms with van der Waals surface area (Å²) < 4.78 is 1.85. The van der Waals surface area contributed by atoms with E-state index in [2.05, 4.69) is 27.4 Å². The second-order valence-corrected chi connectivity index (χ2v) is 10.00. The van der Waals surface area contributed by atoms with Gasteiger partial charge in [-0.05, 0) is 42.7 Å². The number of benzene rings is 2. The summed E-state index contributed by atoms with van der Waals surface area (Å²) in [6.07, 6.45) is 1.72. The Morgan fingerprint density at radius 3 is 2.60 bits per heavy atom. The van der Waals surface area contributed by atoms with Crippen molar-refractivity contribution >= 4 is 52.5 Å². The van der Waals surface area contributed by atoms with Gasteiger partial charge in [0.15, 0.2) is 11.0 Å². The van der Waals surface area contributed by atoms with Crippen LogP contribution in [0.5, 0.6) is 0 Å². The van der Waals surface area contributed by atoms with E-state index in [4.69, 9.17) is 23.2 Å². The smallest absolute Gasteiger partial charge is 0.253 e. The molecule has 10 heteroatoms. The molecular weight excluding hydrogens is 505 g/mol. The summed E-state index contributed by atoms with van der Waals surface area (Å²) in [5.41, 5.74) is 1.97. The van der Waals surface area contributed by atoms with Crippen molar-refractivity contribution in [1.29, 1.82) is 0 Å². The van der Waals surface area contributed by atoms with Gasteiger partial charge in [-0.25, -0.2) is 0 Å². The molecule has 3 aromatic rings. The van der Waals surface area contributed by atoms with Crippen LogP contribution in [0.2, 0.25) is 10.0 Å². The number of nitrogens with zero attached hydrogens (tertiary/aromatic N) is 3. The van der Waals surface area contributed by atoms with E-state index in [1.165, 1.54) is 11.8 Å². The Hall–Kier alpha value is -2.81. The summed E-state index contributed by atoms with van der Waals surface area (Å²) in [6, 6.07) is 11.8. The van der Waals surface area contributed by atoms with Crippen molar-refractivity contribution in [1.82, 2.24) is 20.1 Å². The molecule has 1 aromatic heterocycles. The molecule has 0 aliphatic carbocycles. The fourth-order valence-corrected chi connectivity index (χ4v) is 4.53. The van der Waals surface area contributed by atoms with Crippen molar-refractivity contribution < 1.29 is 9.59 Å². The fraction of sp³-hybridized carbons (Fsp3) is 0.280. The highest BCUT2D eigenvalue weighted by Gasteiger charge is 2.27. The summed E-state index contributed by atoms with van der Waals surface area (Å²) in [5.74, 6) is 0.227. The summed E-state index contributed by atoms with van der Waals surface area (Å²) in [4.78, 5) is 25.5. The third-order valence-electron chi connectivity index (χ3n) is 5.21. The van der Waals surface area contributed by atoms with Crippen LogP contribution in [0.4, 0.5) is 5.69 Å². The van der Waals surface area contributed by atoms with E-state index in [9.17, 15) is 9.59 Å². The van der Waals surface area contributed by atoms with E-state index in [0.29, 0.717) is 38.8 Å². The largest absolute Gasteiger partial charge is 0.342 e. The van der Waals surface area contributed by atoms with Gasteiger partial charge in [0.05, 0.1) is 22.4 Å². The number of halogens is 2. The van der Waals surface area contributed by atoms with Gasteiger partial charge < -0.3 is 15.2 Å². The molecule has 184 valence electrons. The van der Waals surface area contributed by atoms with Gasteiger partial charge in [0.2, 0.25) is 5.91 Å². The van der Waals surface area contributed by atoms with Gasteiger partial charge in [-0.3, -0.25) is 9.59 Å². The number of nitrogens with one attached hydrogen (secondary N) is 2. The molecule has 0 aliphatic heterocycles. The second kappa shape index (κ2) is 12.2. The minimum absolute atomic E-state index is 0.0150. The molecule has 35 heavy (non-hydrogen) atoms. The Morgan fingerprint density at radius 1 is 1.17 bits per heavy atom. The monoisotopic (exact) mass is 531 g/mol. The molecule has 0 bridgehead atoms. The van der Waals surface area contributed by atoms with Crippen LogP contribution in [0.1, 0.15) is 41.6 Å². The van der Waals surface area contributed by atoms with E-state index in [-0.39, 0.29) is 23.5 Å². The number of hydrogen-bond acceptors (Lipinski definition) is 5. The number of allylic oxidation sites excluding steroid dienone is 1. The predicted octanol–water partition coefficient (Wildman–Crippen LogP) is 5.94. The molecule has 2 aromatic carbocycles. The predicted molar refractivity (Wildman–Crippen MR) is 142 cm³/mol. The van der Waals surface area contributed by atoms with Crippen molar-refractivity contribution in [3.05, 3.63) is 82.1 Å². The summed E-state index contributed by atoms with van der Waals surface area (Å²) in [5, 5.41) is 16.0.